The molecule has 1 atom stereocenters. The van der Waals surface area contributed by atoms with Crippen molar-refractivity contribution in [3.05, 3.63) is 0 Å². The van der Waals surface area contributed by atoms with Crippen molar-refractivity contribution in [2.45, 2.75) is 20.3 Å². The summed E-state index contributed by atoms with van der Waals surface area (Å²) < 4.78 is 0. The molecule has 4 heteroatoms. The standard InChI is InChI=1S/C7H14O2S2/c1-3-4-10-11-5-6(2)7(8)9/h6H,3-5H2,1-2H3,(H,8,9)/t6-/m0/s1. The lowest BCUT2D eigenvalue weighted by Gasteiger charge is -2.03. The fourth-order valence-corrected chi connectivity index (χ4v) is 2.85. The Morgan fingerprint density at radius 2 is 2.18 bits per heavy atom. The third-order valence-electron chi connectivity index (χ3n) is 1.11. The summed E-state index contributed by atoms with van der Waals surface area (Å²) in [4.78, 5) is 10.3. The minimum Gasteiger partial charge on any atom is -0.481 e. The van der Waals surface area contributed by atoms with Gasteiger partial charge in [-0.2, -0.15) is 0 Å². The molecule has 0 fully saturated rings. The van der Waals surface area contributed by atoms with Crippen LogP contribution in [0.15, 0.2) is 0 Å². The van der Waals surface area contributed by atoms with Gasteiger partial charge in [0.25, 0.3) is 0 Å². The molecule has 0 saturated heterocycles. The molecule has 0 aliphatic rings. The van der Waals surface area contributed by atoms with Crippen LogP contribution >= 0.6 is 21.6 Å². The Bertz CT molecular complexity index is 117. The molecule has 2 nitrogen and oxygen atoms in total. The lowest BCUT2D eigenvalue weighted by Crippen LogP contribution is -2.11. The molecule has 11 heavy (non-hydrogen) atoms. The average Bonchev–Trinajstić information content (AvgIpc) is 1.97. The van der Waals surface area contributed by atoms with Gasteiger partial charge in [0, 0.05) is 11.5 Å². The number of rotatable bonds is 6. The first-order valence-electron chi connectivity index (χ1n) is 3.65. The summed E-state index contributed by atoms with van der Waals surface area (Å²) in [7, 11) is 3.40. The largest absolute Gasteiger partial charge is 0.481 e. The van der Waals surface area contributed by atoms with Crippen LogP contribution in [0.5, 0.6) is 0 Å². The van der Waals surface area contributed by atoms with Crippen LogP contribution in [0.1, 0.15) is 20.3 Å². The highest BCUT2D eigenvalue weighted by Gasteiger charge is 2.09. The first-order valence-corrected chi connectivity index (χ1v) is 6.14. The predicted molar refractivity (Wildman–Crippen MR) is 52.0 cm³/mol. The zero-order chi connectivity index (χ0) is 8.69. The van der Waals surface area contributed by atoms with E-state index in [1.165, 1.54) is 0 Å². The second kappa shape index (κ2) is 6.85. The fourth-order valence-electron chi connectivity index (χ4n) is 0.364. The van der Waals surface area contributed by atoms with Gasteiger partial charge in [0.1, 0.15) is 0 Å². The molecule has 0 aromatic rings. The van der Waals surface area contributed by atoms with E-state index in [1.54, 1.807) is 28.5 Å². The van der Waals surface area contributed by atoms with Crippen LogP contribution < -0.4 is 0 Å². The summed E-state index contributed by atoms with van der Waals surface area (Å²) in [5, 5.41) is 8.52. The zero-order valence-electron chi connectivity index (χ0n) is 6.87. The lowest BCUT2D eigenvalue weighted by molar-refractivity contribution is -0.140. The van der Waals surface area contributed by atoms with E-state index in [2.05, 4.69) is 6.92 Å². The summed E-state index contributed by atoms with van der Waals surface area (Å²) in [5.74, 6) is 0.899. The lowest BCUT2D eigenvalue weighted by atomic mass is 10.2. The van der Waals surface area contributed by atoms with Crippen LogP contribution in [0.25, 0.3) is 0 Å². The van der Waals surface area contributed by atoms with Crippen LogP contribution in [0, 0.1) is 5.92 Å². The summed E-state index contributed by atoms with van der Waals surface area (Å²) in [5.41, 5.74) is 0. The van der Waals surface area contributed by atoms with Crippen LogP contribution in [0.3, 0.4) is 0 Å². The Morgan fingerprint density at radius 1 is 1.55 bits per heavy atom. The summed E-state index contributed by atoms with van der Waals surface area (Å²) in [6, 6.07) is 0. The molecule has 0 aliphatic heterocycles. The normalized spacial score (nSPS) is 12.9. The second-order valence-corrected chi connectivity index (χ2v) is 4.97. The molecule has 0 unspecified atom stereocenters. The molecular weight excluding hydrogens is 180 g/mol. The molecule has 0 rings (SSSR count). The van der Waals surface area contributed by atoms with E-state index in [1.807, 2.05) is 0 Å². The molecule has 0 aromatic carbocycles. The summed E-state index contributed by atoms with van der Waals surface area (Å²) in [6.45, 7) is 3.86. The summed E-state index contributed by atoms with van der Waals surface area (Å²) >= 11 is 0. The van der Waals surface area contributed by atoms with Gasteiger partial charge >= 0.3 is 5.97 Å². The maximum atomic E-state index is 10.3. The molecule has 0 saturated carbocycles. The van der Waals surface area contributed by atoms with Crippen LogP contribution in [-0.2, 0) is 4.79 Å². The van der Waals surface area contributed by atoms with Gasteiger partial charge in [-0.3, -0.25) is 4.79 Å². The molecule has 0 heterocycles. The highest BCUT2D eigenvalue weighted by molar-refractivity contribution is 8.76. The van der Waals surface area contributed by atoms with E-state index >= 15 is 0 Å². The fraction of sp³-hybridized carbons (Fsp3) is 0.857. The first kappa shape index (κ1) is 11.2. The number of hydrogen-bond acceptors (Lipinski definition) is 3. The van der Waals surface area contributed by atoms with Crippen molar-refractivity contribution < 1.29 is 9.90 Å². The Balaban J connectivity index is 3.17. The molecule has 0 aliphatic carbocycles. The summed E-state index contributed by atoms with van der Waals surface area (Å²) in [6.07, 6.45) is 1.15. The molecule has 0 aromatic heterocycles. The number of carbonyl (C=O) groups is 1. The third kappa shape index (κ3) is 6.56. The molecule has 1 N–H and O–H groups in total. The van der Waals surface area contributed by atoms with Crippen LogP contribution in [0.2, 0.25) is 0 Å². The predicted octanol–water partition coefficient (Wildman–Crippen LogP) is 2.50. The molecular formula is C7H14O2S2. The van der Waals surface area contributed by atoms with E-state index in [0.717, 1.165) is 12.2 Å². The molecule has 0 radical (unpaired) electrons. The molecule has 0 amide bonds. The molecule has 0 spiro atoms. The maximum Gasteiger partial charge on any atom is 0.307 e. The maximum absolute atomic E-state index is 10.3. The smallest absolute Gasteiger partial charge is 0.307 e. The van der Waals surface area contributed by atoms with E-state index < -0.39 is 5.97 Å². The van der Waals surface area contributed by atoms with Gasteiger partial charge in [0.2, 0.25) is 0 Å². The van der Waals surface area contributed by atoms with Gasteiger partial charge in [0.05, 0.1) is 5.92 Å². The molecule has 0 bridgehead atoms. The number of carboxylic acid groups (broad SMARTS) is 1. The van der Waals surface area contributed by atoms with Gasteiger partial charge in [-0.1, -0.05) is 35.4 Å². The van der Waals surface area contributed by atoms with Crippen molar-refractivity contribution >= 4 is 27.6 Å². The zero-order valence-corrected chi connectivity index (χ0v) is 8.50. The quantitative estimate of drug-likeness (QED) is 0.521. The number of carboxylic acids is 1. The van der Waals surface area contributed by atoms with Crippen LogP contribution in [-0.4, -0.2) is 22.6 Å². The van der Waals surface area contributed by atoms with Crippen molar-refractivity contribution in [1.29, 1.82) is 0 Å². The van der Waals surface area contributed by atoms with E-state index in [9.17, 15) is 4.79 Å². The Kier molecular flexibility index (Phi) is 6.96. The topological polar surface area (TPSA) is 37.3 Å². The van der Waals surface area contributed by atoms with Gasteiger partial charge in [-0.25, -0.2) is 0 Å². The minimum absolute atomic E-state index is 0.218. The Morgan fingerprint density at radius 3 is 2.64 bits per heavy atom. The Labute approximate surface area is 75.5 Å². The van der Waals surface area contributed by atoms with Crippen molar-refractivity contribution in [3.8, 4) is 0 Å². The van der Waals surface area contributed by atoms with Gasteiger partial charge in [0.15, 0.2) is 0 Å². The van der Waals surface area contributed by atoms with Crippen molar-refractivity contribution in [3.63, 3.8) is 0 Å². The van der Waals surface area contributed by atoms with E-state index in [0.29, 0.717) is 5.75 Å². The van der Waals surface area contributed by atoms with Crippen LogP contribution in [0.4, 0.5) is 0 Å². The second-order valence-electron chi connectivity index (χ2n) is 2.35. The van der Waals surface area contributed by atoms with E-state index in [4.69, 9.17) is 5.11 Å². The van der Waals surface area contributed by atoms with Gasteiger partial charge in [-0.15, -0.1) is 0 Å². The highest BCUT2D eigenvalue weighted by atomic mass is 33.1. The number of hydrogen-bond donors (Lipinski definition) is 1. The van der Waals surface area contributed by atoms with Crippen molar-refractivity contribution in [2.75, 3.05) is 11.5 Å². The van der Waals surface area contributed by atoms with Crippen molar-refractivity contribution in [1.82, 2.24) is 0 Å². The first-order chi connectivity index (χ1) is 5.18. The monoisotopic (exact) mass is 194 g/mol. The SMILES string of the molecule is CCCSSC[C@H](C)C(=O)O. The molecule has 66 valence electrons. The number of aliphatic carboxylic acids is 1. The van der Waals surface area contributed by atoms with Gasteiger partial charge < -0.3 is 5.11 Å². The van der Waals surface area contributed by atoms with E-state index in [-0.39, 0.29) is 5.92 Å². The highest BCUT2D eigenvalue weighted by Crippen LogP contribution is 2.24. The average molecular weight is 194 g/mol. The van der Waals surface area contributed by atoms with Crippen molar-refractivity contribution in [2.24, 2.45) is 5.92 Å². The minimum atomic E-state index is -0.699. The van der Waals surface area contributed by atoms with Gasteiger partial charge in [-0.05, 0) is 6.42 Å². The Hall–Kier alpha value is 0.170. The third-order valence-corrected chi connectivity index (χ3v) is 3.90.